The Hall–Kier alpha value is -2.27. The molecule has 5 nitrogen and oxygen atoms in total. The van der Waals surface area contributed by atoms with Crippen LogP contribution in [0.5, 0.6) is 5.75 Å². The van der Waals surface area contributed by atoms with Gasteiger partial charge in [-0.3, -0.25) is 10.1 Å². The Bertz CT molecular complexity index is 535. The Morgan fingerprint density at radius 1 is 1.30 bits per heavy atom. The molecule has 0 aliphatic heterocycles. The van der Waals surface area contributed by atoms with Gasteiger partial charge in [-0.1, -0.05) is 0 Å². The third-order valence-corrected chi connectivity index (χ3v) is 2.91. The Balaban J connectivity index is 1.80. The Labute approximate surface area is 117 Å². The summed E-state index contributed by atoms with van der Waals surface area (Å²) in [5, 5.41) is 5.90. The summed E-state index contributed by atoms with van der Waals surface area (Å²) in [5.41, 5.74) is 0.739. The number of furan rings is 1. The van der Waals surface area contributed by atoms with E-state index in [1.807, 2.05) is 19.1 Å². The SMILES string of the molecule is COc1ccc(NC(=O)CN[C@H](C)c2ccco2)cc1. The summed E-state index contributed by atoms with van der Waals surface area (Å²) in [4.78, 5) is 11.8. The molecule has 0 aliphatic carbocycles. The molecule has 0 fully saturated rings. The number of carbonyl (C=O) groups is 1. The Morgan fingerprint density at radius 3 is 2.65 bits per heavy atom. The van der Waals surface area contributed by atoms with Crippen molar-refractivity contribution in [2.75, 3.05) is 19.0 Å². The zero-order chi connectivity index (χ0) is 14.4. The molecular formula is C15H18N2O3. The van der Waals surface area contributed by atoms with Crippen LogP contribution in [-0.4, -0.2) is 19.6 Å². The summed E-state index contributed by atoms with van der Waals surface area (Å²) in [6.07, 6.45) is 1.62. The zero-order valence-electron chi connectivity index (χ0n) is 11.6. The van der Waals surface area contributed by atoms with Gasteiger partial charge in [-0.15, -0.1) is 0 Å². The number of rotatable bonds is 6. The normalized spacial score (nSPS) is 11.9. The van der Waals surface area contributed by atoms with Crippen LogP contribution < -0.4 is 15.4 Å². The van der Waals surface area contributed by atoms with Crippen molar-refractivity contribution in [1.82, 2.24) is 5.32 Å². The first kappa shape index (κ1) is 14.1. The molecule has 0 aliphatic rings. The van der Waals surface area contributed by atoms with E-state index < -0.39 is 0 Å². The van der Waals surface area contributed by atoms with E-state index in [-0.39, 0.29) is 18.5 Å². The molecule has 1 heterocycles. The largest absolute Gasteiger partial charge is 0.497 e. The maximum absolute atomic E-state index is 11.8. The summed E-state index contributed by atoms with van der Waals surface area (Å²) < 4.78 is 10.3. The highest BCUT2D eigenvalue weighted by atomic mass is 16.5. The molecule has 0 saturated carbocycles. The molecule has 0 saturated heterocycles. The average molecular weight is 274 g/mol. The number of benzene rings is 1. The van der Waals surface area contributed by atoms with E-state index in [4.69, 9.17) is 9.15 Å². The van der Waals surface area contributed by atoms with E-state index in [0.717, 1.165) is 17.2 Å². The molecule has 20 heavy (non-hydrogen) atoms. The van der Waals surface area contributed by atoms with Gasteiger partial charge in [-0.25, -0.2) is 0 Å². The topological polar surface area (TPSA) is 63.5 Å². The van der Waals surface area contributed by atoms with Crippen LogP contribution in [0.25, 0.3) is 0 Å². The van der Waals surface area contributed by atoms with E-state index >= 15 is 0 Å². The molecule has 106 valence electrons. The van der Waals surface area contributed by atoms with Crippen LogP contribution in [0.4, 0.5) is 5.69 Å². The fraction of sp³-hybridized carbons (Fsp3) is 0.267. The summed E-state index contributed by atoms with van der Waals surface area (Å²) >= 11 is 0. The molecular weight excluding hydrogens is 256 g/mol. The second kappa shape index (κ2) is 6.77. The minimum Gasteiger partial charge on any atom is -0.497 e. The van der Waals surface area contributed by atoms with Crippen molar-refractivity contribution in [2.24, 2.45) is 0 Å². The fourth-order valence-electron chi connectivity index (χ4n) is 1.76. The van der Waals surface area contributed by atoms with Gasteiger partial charge in [0.1, 0.15) is 11.5 Å². The number of ether oxygens (including phenoxy) is 1. The molecule has 0 radical (unpaired) electrons. The van der Waals surface area contributed by atoms with Gasteiger partial charge in [0, 0.05) is 5.69 Å². The summed E-state index contributed by atoms with van der Waals surface area (Å²) in [6.45, 7) is 2.16. The van der Waals surface area contributed by atoms with Crippen LogP contribution in [0.1, 0.15) is 18.7 Å². The van der Waals surface area contributed by atoms with Crippen molar-refractivity contribution in [3.05, 3.63) is 48.4 Å². The monoisotopic (exact) mass is 274 g/mol. The Kier molecular flexibility index (Phi) is 4.79. The second-order valence-electron chi connectivity index (χ2n) is 4.39. The molecule has 2 N–H and O–H groups in total. The standard InChI is InChI=1S/C15H18N2O3/c1-11(14-4-3-9-20-14)16-10-15(18)17-12-5-7-13(19-2)8-6-12/h3-9,11,16H,10H2,1-2H3,(H,17,18)/t11-/m1/s1. The minimum atomic E-state index is -0.103. The average Bonchev–Trinajstić information content (AvgIpc) is 3.00. The molecule has 2 aromatic rings. The molecule has 1 amide bonds. The van der Waals surface area contributed by atoms with Gasteiger partial charge < -0.3 is 14.5 Å². The number of amides is 1. The maximum Gasteiger partial charge on any atom is 0.238 e. The highest BCUT2D eigenvalue weighted by molar-refractivity contribution is 5.92. The first-order valence-corrected chi connectivity index (χ1v) is 6.39. The van der Waals surface area contributed by atoms with E-state index in [1.54, 1.807) is 37.6 Å². The molecule has 2 rings (SSSR count). The van der Waals surface area contributed by atoms with Crippen LogP contribution in [-0.2, 0) is 4.79 Å². The van der Waals surface area contributed by atoms with Gasteiger partial charge in [0.2, 0.25) is 5.91 Å². The zero-order valence-corrected chi connectivity index (χ0v) is 11.6. The number of hydrogen-bond donors (Lipinski definition) is 2. The summed E-state index contributed by atoms with van der Waals surface area (Å²) in [6, 6.07) is 10.9. The van der Waals surface area contributed by atoms with Crippen molar-refractivity contribution >= 4 is 11.6 Å². The van der Waals surface area contributed by atoms with Crippen molar-refractivity contribution in [3.8, 4) is 5.75 Å². The fourth-order valence-corrected chi connectivity index (χ4v) is 1.76. The van der Waals surface area contributed by atoms with Gasteiger partial charge in [0.05, 0.1) is 26.0 Å². The van der Waals surface area contributed by atoms with Crippen LogP contribution in [0.15, 0.2) is 47.1 Å². The molecule has 1 aromatic heterocycles. The van der Waals surface area contributed by atoms with Crippen molar-refractivity contribution < 1.29 is 13.9 Å². The van der Waals surface area contributed by atoms with Gasteiger partial charge in [0.15, 0.2) is 0 Å². The predicted octanol–water partition coefficient (Wildman–Crippen LogP) is 2.58. The number of methoxy groups -OCH3 is 1. The van der Waals surface area contributed by atoms with Crippen LogP contribution in [0.3, 0.4) is 0 Å². The van der Waals surface area contributed by atoms with E-state index in [2.05, 4.69) is 10.6 Å². The first-order valence-electron chi connectivity index (χ1n) is 6.39. The third-order valence-electron chi connectivity index (χ3n) is 2.91. The number of anilines is 1. The molecule has 1 aromatic carbocycles. The lowest BCUT2D eigenvalue weighted by atomic mass is 10.2. The minimum absolute atomic E-state index is 0.00776. The van der Waals surface area contributed by atoms with Crippen LogP contribution in [0, 0.1) is 0 Å². The summed E-state index contributed by atoms with van der Waals surface area (Å²) in [5.74, 6) is 1.46. The molecule has 0 bridgehead atoms. The van der Waals surface area contributed by atoms with E-state index in [9.17, 15) is 4.79 Å². The first-order chi connectivity index (χ1) is 9.69. The van der Waals surface area contributed by atoms with Crippen molar-refractivity contribution in [1.29, 1.82) is 0 Å². The number of nitrogens with one attached hydrogen (secondary N) is 2. The molecule has 0 spiro atoms. The van der Waals surface area contributed by atoms with Gasteiger partial charge in [-0.05, 0) is 43.3 Å². The highest BCUT2D eigenvalue weighted by Gasteiger charge is 2.09. The highest BCUT2D eigenvalue weighted by Crippen LogP contribution is 2.15. The van der Waals surface area contributed by atoms with Crippen LogP contribution in [0.2, 0.25) is 0 Å². The quantitative estimate of drug-likeness (QED) is 0.849. The number of carbonyl (C=O) groups excluding carboxylic acids is 1. The smallest absolute Gasteiger partial charge is 0.238 e. The maximum atomic E-state index is 11.8. The predicted molar refractivity (Wildman–Crippen MR) is 76.7 cm³/mol. The summed E-state index contributed by atoms with van der Waals surface area (Å²) in [7, 11) is 1.60. The molecule has 1 atom stereocenters. The second-order valence-corrected chi connectivity index (χ2v) is 4.39. The lowest BCUT2D eigenvalue weighted by Gasteiger charge is -2.11. The molecule has 5 heteroatoms. The Morgan fingerprint density at radius 2 is 2.05 bits per heavy atom. The van der Waals surface area contributed by atoms with E-state index in [1.165, 1.54) is 0 Å². The third kappa shape index (κ3) is 3.86. The lowest BCUT2D eigenvalue weighted by Crippen LogP contribution is -2.29. The van der Waals surface area contributed by atoms with E-state index in [0.29, 0.717) is 0 Å². The van der Waals surface area contributed by atoms with Gasteiger partial charge in [-0.2, -0.15) is 0 Å². The van der Waals surface area contributed by atoms with Crippen molar-refractivity contribution in [2.45, 2.75) is 13.0 Å². The van der Waals surface area contributed by atoms with Crippen molar-refractivity contribution in [3.63, 3.8) is 0 Å². The van der Waals surface area contributed by atoms with Gasteiger partial charge in [0.25, 0.3) is 0 Å². The number of hydrogen-bond acceptors (Lipinski definition) is 4. The van der Waals surface area contributed by atoms with Crippen LogP contribution >= 0.6 is 0 Å². The lowest BCUT2D eigenvalue weighted by molar-refractivity contribution is -0.115. The molecule has 0 unspecified atom stereocenters. The van der Waals surface area contributed by atoms with Gasteiger partial charge >= 0.3 is 0 Å².